The average Bonchev–Trinajstić information content (AvgIpc) is 3.44. The van der Waals surface area contributed by atoms with Gasteiger partial charge in [0.05, 0.1) is 11.0 Å². The zero-order valence-corrected chi connectivity index (χ0v) is 21.2. The van der Waals surface area contributed by atoms with Crippen LogP contribution in [0.25, 0.3) is 11.0 Å². The molecule has 2 unspecified atom stereocenters. The number of rotatable bonds is 3. The Hall–Kier alpha value is -2.61. The van der Waals surface area contributed by atoms with Crippen molar-refractivity contribution in [2.24, 2.45) is 11.8 Å². The highest BCUT2D eigenvalue weighted by Crippen LogP contribution is 2.34. The van der Waals surface area contributed by atoms with Gasteiger partial charge in [-0.1, -0.05) is 44.2 Å². The second-order valence-corrected chi connectivity index (χ2v) is 11.5. The van der Waals surface area contributed by atoms with E-state index in [0.717, 1.165) is 37.0 Å². The van der Waals surface area contributed by atoms with Gasteiger partial charge >= 0.3 is 6.09 Å². The lowest BCUT2D eigenvalue weighted by atomic mass is 9.93. The Morgan fingerprint density at radius 2 is 1.47 bits per heavy atom. The maximum absolute atomic E-state index is 14.0. The Kier molecular flexibility index (Phi) is 6.63. The van der Waals surface area contributed by atoms with E-state index < -0.39 is 6.09 Å². The fourth-order valence-electron chi connectivity index (χ4n) is 7.34. The van der Waals surface area contributed by atoms with Crippen LogP contribution < -0.4 is 10.5 Å². The maximum atomic E-state index is 14.0. The maximum Gasteiger partial charge on any atom is 0.407 e. The van der Waals surface area contributed by atoms with Crippen LogP contribution in [0.5, 0.6) is 0 Å². The SMILES string of the molecule is O=C(O)N1CC2CN(c3nc4ccccc4n(C4CCN(C5CCCCCCC5)CC4)c3=O)CC2C1. The molecule has 3 aliphatic heterocycles. The number of fused-ring (bicyclic) bond motifs is 2. The molecule has 36 heavy (non-hydrogen) atoms. The molecule has 1 saturated carbocycles. The zero-order valence-electron chi connectivity index (χ0n) is 21.2. The van der Waals surface area contributed by atoms with Gasteiger partial charge in [0.15, 0.2) is 5.82 Å². The largest absolute Gasteiger partial charge is 0.465 e. The van der Waals surface area contributed by atoms with Crippen molar-refractivity contribution in [3.8, 4) is 0 Å². The molecule has 194 valence electrons. The number of benzene rings is 1. The summed E-state index contributed by atoms with van der Waals surface area (Å²) in [5, 5.41) is 9.37. The summed E-state index contributed by atoms with van der Waals surface area (Å²) >= 11 is 0. The molecule has 1 amide bonds. The first-order valence-corrected chi connectivity index (χ1v) is 14.1. The highest BCUT2D eigenvalue weighted by molar-refractivity contribution is 5.76. The summed E-state index contributed by atoms with van der Waals surface area (Å²) in [6.07, 6.45) is 10.7. The van der Waals surface area contributed by atoms with E-state index in [9.17, 15) is 14.7 Å². The molecule has 8 heteroatoms. The number of hydrogen-bond acceptors (Lipinski definition) is 5. The highest BCUT2D eigenvalue weighted by atomic mass is 16.4. The summed E-state index contributed by atoms with van der Waals surface area (Å²) in [7, 11) is 0. The number of carbonyl (C=O) groups is 1. The van der Waals surface area contributed by atoms with Gasteiger partial charge in [-0.15, -0.1) is 0 Å². The minimum absolute atomic E-state index is 0.0215. The van der Waals surface area contributed by atoms with Crippen molar-refractivity contribution in [2.75, 3.05) is 44.2 Å². The second kappa shape index (κ2) is 10.0. The number of anilines is 1. The van der Waals surface area contributed by atoms with E-state index in [1.165, 1.54) is 49.8 Å². The lowest BCUT2D eigenvalue weighted by molar-refractivity contribution is 0.116. The van der Waals surface area contributed by atoms with Crippen LogP contribution in [0.3, 0.4) is 0 Å². The third kappa shape index (κ3) is 4.49. The van der Waals surface area contributed by atoms with E-state index in [2.05, 4.69) is 9.80 Å². The number of hydrogen-bond donors (Lipinski definition) is 1. The fraction of sp³-hybridized carbons (Fsp3) is 0.679. The monoisotopic (exact) mass is 493 g/mol. The third-order valence-corrected chi connectivity index (χ3v) is 9.29. The topological polar surface area (TPSA) is 81.9 Å². The minimum Gasteiger partial charge on any atom is -0.465 e. The molecule has 8 nitrogen and oxygen atoms in total. The van der Waals surface area contributed by atoms with Gasteiger partial charge in [0, 0.05) is 63.2 Å². The molecule has 1 aliphatic carbocycles. The van der Waals surface area contributed by atoms with Crippen LogP contribution in [-0.2, 0) is 0 Å². The van der Waals surface area contributed by atoms with E-state index in [4.69, 9.17) is 4.98 Å². The van der Waals surface area contributed by atoms with Crippen LogP contribution in [0.15, 0.2) is 29.1 Å². The van der Waals surface area contributed by atoms with E-state index in [0.29, 0.717) is 38.0 Å². The number of amides is 1. The Labute approximate surface area is 212 Å². The van der Waals surface area contributed by atoms with Crippen LogP contribution in [0, 0.1) is 11.8 Å². The van der Waals surface area contributed by atoms with Crippen molar-refractivity contribution in [1.29, 1.82) is 0 Å². The van der Waals surface area contributed by atoms with Crippen LogP contribution in [0.2, 0.25) is 0 Å². The highest BCUT2D eigenvalue weighted by Gasteiger charge is 2.43. The second-order valence-electron chi connectivity index (χ2n) is 11.5. The summed E-state index contributed by atoms with van der Waals surface area (Å²) in [5.74, 6) is 1.09. The molecule has 4 aliphatic rings. The number of carboxylic acid groups (broad SMARTS) is 1. The Balaban J connectivity index is 1.23. The Bertz CT molecular complexity index is 1140. The van der Waals surface area contributed by atoms with Gasteiger partial charge in [0.25, 0.3) is 5.56 Å². The molecule has 4 fully saturated rings. The lowest BCUT2D eigenvalue weighted by Gasteiger charge is -2.39. The predicted octanol–water partition coefficient (Wildman–Crippen LogP) is 4.19. The Morgan fingerprint density at radius 1 is 0.833 bits per heavy atom. The first kappa shape index (κ1) is 23.8. The summed E-state index contributed by atoms with van der Waals surface area (Å²) in [6.45, 7) is 4.64. The smallest absolute Gasteiger partial charge is 0.407 e. The zero-order chi connectivity index (χ0) is 24.6. The molecular formula is C28H39N5O3. The van der Waals surface area contributed by atoms with E-state index in [1.807, 2.05) is 28.8 Å². The quantitative estimate of drug-likeness (QED) is 0.691. The molecule has 3 saturated heterocycles. The molecule has 6 rings (SSSR count). The molecule has 4 heterocycles. The van der Waals surface area contributed by atoms with Crippen molar-refractivity contribution < 1.29 is 9.90 Å². The molecular weight excluding hydrogens is 454 g/mol. The number of aromatic nitrogens is 2. The Morgan fingerprint density at radius 3 is 2.14 bits per heavy atom. The van der Waals surface area contributed by atoms with Gasteiger partial charge in [0.2, 0.25) is 0 Å². The van der Waals surface area contributed by atoms with Crippen molar-refractivity contribution in [2.45, 2.75) is 69.9 Å². The van der Waals surface area contributed by atoms with Crippen molar-refractivity contribution in [3.05, 3.63) is 34.6 Å². The van der Waals surface area contributed by atoms with Crippen molar-refractivity contribution in [3.63, 3.8) is 0 Å². The normalized spacial score (nSPS) is 26.8. The molecule has 1 aromatic carbocycles. The number of para-hydroxylation sites is 2. The van der Waals surface area contributed by atoms with Gasteiger partial charge in [-0.2, -0.15) is 0 Å². The van der Waals surface area contributed by atoms with Crippen molar-refractivity contribution in [1.82, 2.24) is 19.4 Å². The summed E-state index contributed by atoms with van der Waals surface area (Å²) in [5.41, 5.74) is 1.83. The lowest BCUT2D eigenvalue weighted by Crippen LogP contribution is -2.44. The van der Waals surface area contributed by atoms with Crippen molar-refractivity contribution >= 4 is 22.9 Å². The molecule has 0 radical (unpaired) electrons. The van der Waals surface area contributed by atoms with Gasteiger partial charge in [-0.25, -0.2) is 9.78 Å². The van der Waals surface area contributed by atoms with Crippen LogP contribution in [-0.4, -0.2) is 75.9 Å². The number of piperidine rings is 1. The van der Waals surface area contributed by atoms with Gasteiger partial charge < -0.3 is 24.4 Å². The molecule has 1 aromatic heterocycles. The standard InChI is InChI=1S/C28H39N5O3/c34-27-26(31-16-20-18-32(28(35)36)19-21(20)17-31)29-24-10-6-7-11-25(24)33(27)23-12-14-30(15-13-23)22-8-4-2-1-3-5-9-22/h6-7,10-11,20-23H,1-5,8-9,12-19H2,(H,35,36). The first-order chi connectivity index (χ1) is 17.6. The summed E-state index contributed by atoms with van der Waals surface area (Å²) in [4.78, 5) is 36.6. The van der Waals surface area contributed by atoms with Crippen LogP contribution in [0.4, 0.5) is 10.6 Å². The molecule has 0 bridgehead atoms. The van der Waals surface area contributed by atoms with E-state index in [1.54, 1.807) is 0 Å². The molecule has 0 spiro atoms. The van der Waals surface area contributed by atoms with E-state index in [-0.39, 0.29) is 23.4 Å². The third-order valence-electron chi connectivity index (χ3n) is 9.29. The average molecular weight is 494 g/mol. The molecule has 2 aromatic rings. The first-order valence-electron chi connectivity index (χ1n) is 14.1. The van der Waals surface area contributed by atoms with Gasteiger partial charge in [0.1, 0.15) is 0 Å². The predicted molar refractivity (Wildman–Crippen MR) is 141 cm³/mol. The number of likely N-dealkylation sites (tertiary alicyclic amines) is 2. The van der Waals surface area contributed by atoms with Gasteiger partial charge in [-0.05, 0) is 37.8 Å². The fourth-order valence-corrected chi connectivity index (χ4v) is 7.34. The van der Waals surface area contributed by atoms with Crippen LogP contribution >= 0.6 is 0 Å². The minimum atomic E-state index is -0.840. The van der Waals surface area contributed by atoms with Gasteiger partial charge in [-0.3, -0.25) is 4.79 Å². The molecule has 2 atom stereocenters. The summed E-state index contributed by atoms with van der Waals surface area (Å²) in [6, 6.07) is 8.96. The van der Waals surface area contributed by atoms with Crippen LogP contribution in [0.1, 0.15) is 63.8 Å². The summed E-state index contributed by atoms with van der Waals surface area (Å²) < 4.78 is 2.05. The van der Waals surface area contributed by atoms with E-state index >= 15 is 0 Å². The molecule has 1 N–H and O–H groups in total. The number of nitrogens with zero attached hydrogens (tertiary/aromatic N) is 5.